The summed E-state index contributed by atoms with van der Waals surface area (Å²) in [6.45, 7) is 2.51. The second kappa shape index (κ2) is 9.07. The van der Waals surface area contributed by atoms with Crippen molar-refractivity contribution in [2.45, 2.75) is 56.8 Å². The lowest BCUT2D eigenvalue weighted by Crippen LogP contribution is -2.25. The fourth-order valence-electron chi connectivity index (χ4n) is 3.33. The van der Waals surface area contributed by atoms with Crippen LogP contribution in [0.5, 0.6) is 5.75 Å². The SMILES string of the molecule is COc1ccc(CNC(=O)CSc2nnc(C)n2C2CCCCC2)cc1. The van der Waals surface area contributed by atoms with Crippen LogP contribution < -0.4 is 10.1 Å². The van der Waals surface area contributed by atoms with E-state index in [2.05, 4.69) is 20.1 Å². The molecule has 1 aliphatic rings. The maximum absolute atomic E-state index is 12.2. The number of aryl methyl sites for hydroxylation is 1. The molecular weight excluding hydrogens is 348 g/mol. The van der Waals surface area contributed by atoms with Crippen LogP contribution in [0.1, 0.15) is 49.5 Å². The summed E-state index contributed by atoms with van der Waals surface area (Å²) in [4.78, 5) is 12.2. The van der Waals surface area contributed by atoms with Crippen LogP contribution in [0.25, 0.3) is 0 Å². The van der Waals surface area contributed by atoms with E-state index >= 15 is 0 Å². The maximum Gasteiger partial charge on any atom is 0.230 e. The number of carbonyl (C=O) groups is 1. The van der Waals surface area contributed by atoms with Gasteiger partial charge in [0, 0.05) is 12.6 Å². The number of hydrogen-bond acceptors (Lipinski definition) is 5. The molecule has 0 radical (unpaired) electrons. The van der Waals surface area contributed by atoms with E-state index in [0.29, 0.717) is 18.3 Å². The summed E-state index contributed by atoms with van der Waals surface area (Å²) < 4.78 is 7.36. The molecule has 2 aromatic rings. The first kappa shape index (κ1) is 18.8. The fourth-order valence-corrected chi connectivity index (χ4v) is 4.21. The molecule has 7 heteroatoms. The van der Waals surface area contributed by atoms with E-state index in [1.165, 1.54) is 43.9 Å². The summed E-state index contributed by atoms with van der Waals surface area (Å²) in [5.41, 5.74) is 1.05. The van der Waals surface area contributed by atoms with Gasteiger partial charge in [0.15, 0.2) is 5.16 Å². The highest BCUT2D eigenvalue weighted by atomic mass is 32.2. The van der Waals surface area contributed by atoms with Crippen LogP contribution in [0, 0.1) is 6.92 Å². The minimum atomic E-state index is 0.00154. The third-order valence-electron chi connectivity index (χ3n) is 4.76. The first-order chi connectivity index (χ1) is 12.7. The van der Waals surface area contributed by atoms with Crippen molar-refractivity contribution in [1.29, 1.82) is 0 Å². The standard InChI is InChI=1S/C19H26N4O2S/c1-14-21-22-19(23(14)16-6-4-3-5-7-16)26-13-18(24)20-12-15-8-10-17(25-2)11-9-15/h8-11,16H,3-7,12-13H2,1-2H3,(H,20,24). The summed E-state index contributed by atoms with van der Waals surface area (Å²) in [6, 6.07) is 8.17. The van der Waals surface area contributed by atoms with Gasteiger partial charge in [0.2, 0.25) is 5.91 Å². The molecule has 1 saturated carbocycles. The molecule has 26 heavy (non-hydrogen) atoms. The summed E-state index contributed by atoms with van der Waals surface area (Å²) in [5, 5.41) is 12.3. The monoisotopic (exact) mass is 374 g/mol. The van der Waals surface area contributed by atoms with Crippen molar-refractivity contribution in [3.8, 4) is 5.75 Å². The molecule has 0 unspecified atom stereocenters. The van der Waals surface area contributed by atoms with Gasteiger partial charge < -0.3 is 14.6 Å². The minimum Gasteiger partial charge on any atom is -0.497 e. The van der Waals surface area contributed by atoms with Crippen LogP contribution in [0.2, 0.25) is 0 Å². The molecule has 0 bridgehead atoms. The van der Waals surface area contributed by atoms with Crippen molar-refractivity contribution in [2.75, 3.05) is 12.9 Å². The van der Waals surface area contributed by atoms with Gasteiger partial charge >= 0.3 is 0 Å². The van der Waals surface area contributed by atoms with E-state index in [4.69, 9.17) is 4.74 Å². The summed E-state index contributed by atoms with van der Waals surface area (Å²) in [5.74, 6) is 2.11. The number of hydrogen-bond donors (Lipinski definition) is 1. The maximum atomic E-state index is 12.2. The predicted molar refractivity (Wildman–Crippen MR) is 102 cm³/mol. The number of nitrogens with zero attached hydrogens (tertiary/aromatic N) is 3. The molecule has 0 saturated heterocycles. The Labute approximate surface area is 158 Å². The van der Waals surface area contributed by atoms with Crippen molar-refractivity contribution in [1.82, 2.24) is 20.1 Å². The molecular formula is C19H26N4O2S. The Hall–Kier alpha value is -2.02. The number of thioether (sulfide) groups is 1. The molecule has 1 fully saturated rings. The Kier molecular flexibility index (Phi) is 6.55. The number of amides is 1. The highest BCUT2D eigenvalue weighted by Gasteiger charge is 2.21. The van der Waals surface area contributed by atoms with Crippen LogP contribution in [0.3, 0.4) is 0 Å². The van der Waals surface area contributed by atoms with Crippen molar-refractivity contribution in [3.63, 3.8) is 0 Å². The molecule has 1 heterocycles. The second-order valence-electron chi connectivity index (χ2n) is 6.61. The first-order valence-corrected chi connectivity index (χ1v) is 10.1. The lowest BCUT2D eigenvalue weighted by atomic mass is 9.95. The van der Waals surface area contributed by atoms with Gasteiger partial charge in [-0.3, -0.25) is 4.79 Å². The van der Waals surface area contributed by atoms with E-state index in [9.17, 15) is 4.79 Å². The van der Waals surface area contributed by atoms with E-state index in [1.54, 1.807) is 7.11 Å². The average Bonchev–Trinajstić information content (AvgIpc) is 3.06. The van der Waals surface area contributed by atoms with Gasteiger partial charge in [-0.2, -0.15) is 0 Å². The van der Waals surface area contributed by atoms with Crippen LogP contribution in [-0.4, -0.2) is 33.5 Å². The normalized spacial score (nSPS) is 15.0. The van der Waals surface area contributed by atoms with Gasteiger partial charge in [0.05, 0.1) is 12.9 Å². The van der Waals surface area contributed by atoms with Gasteiger partial charge in [-0.05, 0) is 37.5 Å². The van der Waals surface area contributed by atoms with Gasteiger partial charge in [-0.1, -0.05) is 43.2 Å². The lowest BCUT2D eigenvalue weighted by Gasteiger charge is -2.24. The van der Waals surface area contributed by atoms with Gasteiger partial charge in [0.25, 0.3) is 0 Å². The van der Waals surface area contributed by atoms with Crippen molar-refractivity contribution in [2.24, 2.45) is 0 Å². The quantitative estimate of drug-likeness (QED) is 0.751. The number of carbonyl (C=O) groups excluding carboxylic acids is 1. The average molecular weight is 375 g/mol. The number of methoxy groups -OCH3 is 1. The summed E-state index contributed by atoms with van der Waals surface area (Å²) in [6.07, 6.45) is 6.18. The highest BCUT2D eigenvalue weighted by molar-refractivity contribution is 7.99. The predicted octanol–water partition coefficient (Wildman–Crippen LogP) is 3.51. The summed E-state index contributed by atoms with van der Waals surface area (Å²) >= 11 is 1.47. The van der Waals surface area contributed by atoms with Crippen molar-refractivity contribution in [3.05, 3.63) is 35.7 Å². The Balaban J connectivity index is 1.51. The van der Waals surface area contributed by atoms with E-state index in [-0.39, 0.29) is 5.91 Å². The first-order valence-electron chi connectivity index (χ1n) is 9.11. The topological polar surface area (TPSA) is 69.0 Å². The number of benzene rings is 1. The Morgan fingerprint density at radius 1 is 1.23 bits per heavy atom. The molecule has 0 atom stereocenters. The van der Waals surface area contributed by atoms with Crippen LogP contribution in [0.15, 0.2) is 29.4 Å². The molecule has 0 aliphatic heterocycles. The van der Waals surface area contributed by atoms with Crippen LogP contribution >= 0.6 is 11.8 Å². The fraction of sp³-hybridized carbons (Fsp3) is 0.526. The van der Waals surface area contributed by atoms with Gasteiger partial charge in [-0.25, -0.2) is 0 Å². The van der Waals surface area contributed by atoms with Crippen LogP contribution in [-0.2, 0) is 11.3 Å². The van der Waals surface area contributed by atoms with Crippen molar-refractivity contribution >= 4 is 17.7 Å². The number of ether oxygens (including phenoxy) is 1. The van der Waals surface area contributed by atoms with Crippen LogP contribution in [0.4, 0.5) is 0 Å². The molecule has 6 nitrogen and oxygen atoms in total. The third-order valence-corrected chi connectivity index (χ3v) is 5.70. The molecule has 1 amide bonds. The second-order valence-corrected chi connectivity index (χ2v) is 7.55. The van der Waals surface area contributed by atoms with E-state index < -0.39 is 0 Å². The Bertz CT molecular complexity index is 724. The number of nitrogens with one attached hydrogen (secondary N) is 1. The van der Waals surface area contributed by atoms with Gasteiger partial charge in [0.1, 0.15) is 11.6 Å². The lowest BCUT2D eigenvalue weighted by molar-refractivity contribution is -0.118. The zero-order chi connectivity index (χ0) is 18.4. The van der Waals surface area contributed by atoms with Crippen molar-refractivity contribution < 1.29 is 9.53 Å². The van der Waals surface area contributed by atoms with E-state index in [1.807, 2.05) is 31.2 Å². The zero-order valence-electron chi connectivity index (χ0n) is 15.4. The Morgan fingerprint density at radius 3 is 2.65 bits per heavy atom. The largest absolute Gasteiger partial charge is 0.497 e. The Morgan fingerprint density at radius 2 is 1.96 bits per heavy atom. The molecule has 140 valence electrons. The number of rotatable bonds is 7. The third kappa shape index (κ3) is 4.78. The highest BCUT2D eigenvalue weighted by Crippen LogP contribution is 2.32. The smallest absolute Gasteiger partial charge is 0.230 e. The molecule has 3 rings (SSSR count). The minimum absolute atomic E-state index is 0.00154. The zero-order valence-corrected chi connectivity index (χ0v) is 16.2. The van der Waals surface area contributed by atoms with Gasteiger partial charge in [-0.15, -0.1) is 10.2 Å². The molecule has 1 aromatic heterocycles. The molecule has 1 aromatic carbocycles. The molecule has 0 spiro atoms. The molecule has 1 aliphatic carbocycles. The number of aromatic nitrogens is 3. The summed E-state index contributed by atoms with van der Waals surface area (Å²) in [7, 11) is 1.64. The molecule has 1 N–H and O–H groups in total. The van der Waals surface area contributed by atoms with E-state index in [0.717, 1.165) is 22.3 Å².